The van der Waals surface area contributed by atoms with Gasteiger partial charge >= 0.3 is 0 Å². The summed E-state index contributed by atoms with van der Waals surface area (Å²) in [5.41, 5.74) is 3.26. The van der Waals surface area contributed by atoms with Crippen LogP contribution in [0.1, 0.15) is 62.9 Å². The number of terminal acetylenes is 1. The molecule has 0 saturated heterocycles. The molecule has 0 radical (unpaired) electrons. The number of aliphatic hydroxyl groups is 1. The zero-order chi connectivity index (χ0) is 21.8. The van der Waals surface area contributed by atoms with E-state index in [2.05, 4.69) is 50.2 Å². The summed E-state index contributed by atoms with van der Waals surface area (Å²) in [6, 6.07) is 7.89. The van der Waals surface area contributed by atoms with E-state index >= 15 is 0 Å². The van der Waals surface area contributed by atoms with Crippen LogP contribution >= 0.6 is 0 Å². The van der Waals surface area contributed by atoms with E-state index < -0.39 is 0 Å². The highest BCUT2D eigenvalue weighted by atomic mass is 16.3. The lowest BCUT2D eigenvalue weighted by molar-refractivity contribution is 0.0673. The molecule has 0 aromatic heterocycles. The molecular formula is C27H36O2. The van der Waals surface area contributed by atoms with E-state index in [-0.39, 0.29) is 11.9 Å². The van der Waals surface area contributed by atoms with Gasteiger partial charge in [-0.2, -0.15) is 0 Å². The van der Waals surface area contributed by atoms with Crippen molar-refractivity contribution >= 4 is 5.78 Å². The third-order valence-corrected chi connectivity index (χ3v) is 5.44. The molecule has 1 saturated carbocycles. The first kappa shape index (κ1) is 24.7. The van der Waals surface area contributed by atoms with Gasteiger partial charge in [-0.05, 0) is 61.5 Å². The number of benzene rings is 1. The van der Waals surface area contributed by atoms with E-state index in [1.807, 2.05) is 38.1 Å². The van der Waals surface area contributed by atoms with Crippen LogP contribution in [0.25, 0.3) is 0 Å². The second-order valence-electron chi connectivity index (χ2n) is 7.72. The highest BCUT2D eigenvalue weighted by Gasteiger charge is 2.28. The third kappa shape index (κ3) is 7.87. The van der Waals surface area contributed by atoms with Gasteiger partial charge in [0.25, 0.3) is 0 Å². The minimum atomic E-state index is -0.147. The Morgan fingerprint density at radius 3 is 2.31 bits per heavy atom. The molecule has 156 valence electrons. The van der Waals surface area contributed by atoms with Crippen molar-refractivity contribution in [3.8, 4) is 12.8 Å². The molecule has 0 spiro atoms. The third-order valence-electron chi connectivity index (χ3n) is 5.44. The number of carbonyl (C=O) groups excluding carboxylic acids is 1. The van der Waals surface area contributed by atoms with Crippen molar-refractivity contribution in [2.24, 2.45) is 17.8 Å². The molecular weight excluding hydrogens is 356 g/mol. The molecule has 2 heteroatoms. The molecule has 1 fully saturated rings. The Balaban J connectivity index is 0.000000989. The Labute approximate surface area is 177 Å². The highest BCUT2D eigenvalue weighted by molar-refractivity contribution is 5.94. The van der Waals surface area contributed by atoms with Gasteiger partial charge in [-0.15, -0.1) is 12.8 Å². The largest absolute Gasteiger partial charge is 0.393 e. The first-order valence-corrected chi connectivity index (χ1v) is 10.7. The van der Waals surface area contributed by atoms with Crippen molar-refractivity contribution in [1.29, 1.82) is 0 Å². The minimum Gasteiger partial charge on any atom is -0.393 e. The van der Waals surface area contributed by atoms with E-state index in [9.17, 15) is 9.90 Å². The topological polar surface area (TPSA) is 37.3 Å². The molecule has 2 aliphatic rings. The quantitative estimate of drug-likeness (QED) is 0.491. The number of carbonyl (C=O) groups is 1. The van der Waals surface area contributed by atoms with Crippen LogP contribution < -0.4 is 0 Å². The van der Waals surface area contributed by atoms with Gasteiger partial charge in [-0.25, -0.2) is 0 Å². The van der Waals surface area contributed by atoms with E-state index in [0.29, 0.717) is 17.8 Å². The second-order valence-corrected chi connectivity index (χ2v) is 7.72. The van der Waals surface area contributed by atoms with Crippen LogP contribution in [-0.4, -0.2) is 17.0 Å². The summed E-state index contributed by atoms with van der Waals surface area (Å²) in [6.07, 6.45) is 22.9. The van der Waals surface area contributed by atoms with Crippen LogP contribution in [0.4, 0.5) is 0 Å². The monoisotopic (exact) mass is 392 g/mol. The molecule has 0 bridgehead atoms. The SMILES string of the molecule is C#C.CC.CC(=O)c1ccc(CC2=CC=CC(C3C[C@H](C)C[C@H](O)C3)C=C2)cc1. The molecule has 1 aromatic carbocycles. The summed E-state index contributed by atoms with van der Waals surface area (Å²) in [4.78, 5) is 11.4. The predicted molar refractivity (Wildman–Crippen MR) is 124 cm³/mol. The molecule has 4 atom stereocenters. The Hall–Kier alpha value is -2.37. The Bertz CT molecular complexity index is 724. The number of allylic oxidation sites excluding steroid dienone is 6. The Kier molecular flexibility index (Phi) is 11.0. The van der Waals surface area contributed by atoms with E-state index in [1.54, 1.807) is 6.92 Å². The van der Waals surface area contributed by atoms with Gasteiger partial charge in [0.1, 0.15) is 0 Å². The molecule has 2 aliphatic carbocycles. The van der Waals surface area contributed by atoms with Crippen LogP contribution in [0.15, 0.2) is 60.2 Å². The van der Waals surface area contributed by atoms with E-state index in [0.717, 1.165) is 24.8 Å². The maximum Gasteiger partial charge on any atom is 0.159 e. The van der Waals surface area contributed by atoms with Crippen LogP contribution in [0.2, 0.25) is 0 Å². The van der Waals surface area contributed by atoms with Gasteiger partial charge in [0.2, 0.25) is 0 Å². The van der Waals surface area contributed by atoms with Gasteiger partial charge in [-0.3, -0.25) is 4.79 Å². The number of ketones is 1. The highest BCUT2D eigenvalue weighted by Crippen LogP contribution is 2.36. The van der Waals surface area contributed by atoms with Crippen molar-refractivity contribution < 1.29 is 9.90 Å². The number of hydrogen-bond acceptors (Lipinski definition) is 2. The fourth-order valence-corrected chi connectivity index (χ4v) is 4.12. The van der Waals surface area contributed by atoms with Gasteiger partial charge in [-0.1, -0.05) is 75.4 Å². The van der Waals surface area contributed by atoms with Gasteiger partial charge < -0.3 is 5.11 Å². The lowest BCUT2D eigenvalue weighted by Gasteiger charge is -2.33. The molecule has 2 unspecified atom stereocenters. The Morgan fingerprint density at radius 2 is 1.72 bits per heavy atom. The lowest BCUT2D eigenvalue weighted by Crippen LogP contribution is -2.28. The first-order chi connectivity index (χ1) is 14.0. The fraction of sp³-hybridized carbons (Fsp3) is 0.444. The van der Waals surface area contributed by atoms with Crippen molar-refractivity contribution in [3.05, 3.63) is 71.3 Å². The van der Waals surface area contributed by atoms with Crippen LogP contribution in [0.5, 0.6) is 0 Å². The van der Waals surface area contributed by atoms with Crippen molar-refractivity contribution in [2.75, 3.05) is 0 Å². The van der Waals surface area contributed by atoms with Gasteiger partial charge in [0, 0.05) is 5.56 Å². The van der Waals surface area contributed by atoms with E-state index in [1.165, 1.54) is 17.6 Å². The summed E-state index contributed by atoms with van der Waals surface area (Å²) in [5.74, 6) is 1.65. The van der Waals surface area contributed by atoms with Crippen molar-refractivity contribution in [3.63, 3.8) is 0 Å². The fourth-order valence-electron chi connectivity index (χ4n) is 4.12. The van der Waals surface area contributed by atoms with Gasteiger partial charge in [0.05, 0.1) is 6.10 Å². The van der Waals surface area contributed by atoms with Gasteiger partial charge in [0.15, 0.2) is 5.78 Å². The number of aliphatic hydroxyl groups excluding tert-OH is 1. The molecule has 0 amide bonds. The summed E-state index contributed by atoms with van der Waals surface area (Å²) in [7, 11) is 0. The zero-order valence-electron chi connectivity index (χ0n) is 18.3. The number of Topliss-reactive ketones (excluding diaryl/α,β-unsaturated/α-hetero) is 1. The summed E-state index contributed by atoms with van der Waals surface area (Å²) < 4.78 is 0. The molecule has 0 heterocycles. The lowest BCUT2D eigenvalue weighted by atomic mass is 9.74. The minimum absolute atomic E-state index is 0.106. The van der Waals surface area contributed by atoms with Crippen LogP contribution in [-0.2, 0) is 6.42 Å². The molecule has 0 aliphatic heterocycles. The smallest absolute Gasteiger partial charge is 0.159 e. The number of hydrogen-bond donors (Lipinski definition) is 1. The predicted octanol–water partition coefficient (Wildman–Crippen LogP) is 6.17. The normalized spacial score (nSPS) is 25.4. The first-order valence-electron chi connectivity index (χ1n) is 10.7. The Morgan fingerprint density at radius 1 is 1.07 bits per heavy atom. The zero-order valence-corrected chi connectivity index (χ0v) is 18.3. The molecule has 29 heavy (non-hydrogen) atoms. The summed E-state index contributed by atoms with van der Waals surface area (Å²) >= 11 is 0. The maximum atomic E-state index is 11.4. The number of rotatable bonds is 4. The van der Waals surface area contributed by atoms with Crippen LogP contribution in [0.3, 0.4) is 0 Å². The second kappa shape index (κ2) is 13.0. The van der Waals surface area contributed by atoms with Crippen molar-refractivity contribution in [1.82, 2.24) is 0 Å². The molecule has 1 N–H and O–H groups in total. The average molecular weight is 393 g/mol. The van der Waals surface area contributed by atoms with E-state index in [4.69, 9.17) is 0 Å². The van der Waals surface area contributed by atoms with Crippen LogP contribution in [0, 0.1) is 30.6 Å². The molecule has 3 rings (SSSR count). The standard InChI is InChI=1S/C23H28O2.C2H6.C2H2/c1-16-12-22(15-23(25)13-16)21-5-3-4-18(8-11-21)14-19-6-9-20(10-7-19)17(2)24;2*1-2/h3-11,16,21-23,25H,12-15H2,1-2H3;1-2H3;1-2H/t16-,21?,22?,23-;;/m0../s1. The maximum absolute atomic E-state index is 11.4. The molecule has 1 aromatic rings. The summed E-state index contributed by atoms with van der Waals surface area (Å²) in [6.45, 7) is 7.84. The summed E-state index contributed by atoms with van der Waals surface area (Å²) in [5, 5.41) is 10.1. The average Bonchev–Trinajstić information content (AvgIpc) is 2.96. The van der Waals surface area contributed by atoms with Crippen molar-refractivity contribution in [2.45, 2.75) is 59.5 Å². The molecule has 2 nitrogen and oxygen atoms in total.